The van der Waals surface area contributed by atoms with Crippen molar-refractivity contribution < 1.29 is 28.5 Å². The van der Waals surface area contributed by atoms with E-state index in [0.717, 1.165) is 87.4 Å². The molecule has 1 heterocycles. The van der Waals surface area contributed by atoms with Crippen LogP contribution in [0, 0.1) is 46.3 Å². The predicted molar refractivity (Wildman–Crippen MR) is 278 cm³/mol. The fourth-order valence-corrected chi connectivity index (χ4v) is 14.0. The summed E-state index contributed by atoms with van der Waals surface area (Å²) >= 11 is 0. The van der Waals surface area contributed by atoms with Crippen LogP contribution in [0.3, 0.4) is 0 Å². The van der Waals surface area contributed by atoms with E-state index in [2.05, 4.69) is 64.7 Å². The van der Waals surface area contributed by atoms with Crippen LogP contribution >= 0.6 is 0 Å². The van der Waals surface area contributed by atoms with Crippen LogP contribution in [0.25, 0.3) is 0 Å². The van der Waals surface area contributed by atoms with E-state index in [1.54, 1.807) is 0 Å². The molecule has 0 N–H and O–H groups in total. The smallest absolute Gasteiger partial charge is 0.306 e. The standard InChI is InChI=1S/C60H105NO6/c1-7-8-9-10-11-12-13-14-15-16-17-18-19-20-21-25-42-64-47-52(46-61-40-23-22-24-41-61)65-43-27-44-66-57(62)34-35-58(63)67-51-36-38-59(5)50(45-51)30-31-53-55-33-32-54(49(4)29-26-28-48(2)3)60(55,6)39-37-56(53)59/h14-15,30,48-49,51-56H,7-13,16-29,31-47H2,1-6H3/t49-,51+,52?,53+,54-,55+,56+,59+,60-/m1/s1. The Labute approximate surface area is 412 Å². The normalized spacial score (nSPS) is 28.5. The highest BCUT2D eigenvalue weighted by molar-refractivity contribution is 5.77. The van der Waals surface area contributed by atoms with Gasteiger partial charge in [-0.05, 0) is 149 Å². The van der Waals surface area contributed by atoms with Gasteiger partial charge in [0, 0.05) is 26.0 Å². The predicted octanol–water partition coefficient (Wildman–Crippen LogP) is 15.6. The third-order valence-corrected chi connectivity index (χ3v) is 18.0. The molecular formula is C60H105NO6. The van der Waals surface area contributed by atoms with Crippen LogP contribution in [0.4, 0.5) is 0 Å². The number of carbonyl (C=O) groups is 2. The summed E-state index contributed by atoms with van der Waals surface area (Å²) in [5.74, 6) is 4.33. The second-order valence-corrected chi connectivity index (χ2v) is 23.6. The lowest BCUT2D eigenvalue weighted by Gasteiger charge is -2.58. The lowest BCUT2D eigenvalue weighted by molar-refractivity contribution is -0.155. The van der Waals surface area contributed by atoms with Crippen molar-refractivity contribution in [3.63, 3.8) is 0 Å². The molecule has 386 valence electrons. The van der Waals surface area contributed by atoms with E-state index < -0.39 is 0 Å². The maximum atomic E-state index is 13.0. The van der Waals surface area contributed by atoms with Crippen LogP contribution in [-0.2, 0) is 28.5 Å². The Bertz CT molecular complexity index is 1440. The van der Waals surface area contributed by atoms with Crippen molar-refractivity contribution in [2.75, 3.05) is 46.1 Å². The van der Waals surface area contributed by atoms with E-state index >= 15 is 0 Å². The number of hydrogen-bond donors (Lipinski definition) is 0. The quantitative estimate of drug-likeness (QED) is 0.0361. The molecule has 5 aliphatic rings. The first kappa shape index (κ1) is 56.2. The van der Waals surface area contributed by atoms with E-state index in [0.29, 0.717) is 31.7 Å². The van der Waals surface area contributed by atoms with Gasteiger partial charge in [-0.25, -0.2) is 0 Å². The van der Waals surface area contributed by atoms with Crippen molar-refractivity contribution in [2.45, 2.75) is 253 Å². The summed E-state index contributed by atoms with van der Waals surface area (Å²) in [6, 6.07) is 0. The summed E-state index contributed by atoms with van der Waals surface area (Å²) in [7, 11) is 0. The minimum atomic E-state index is -0.332. The Hall–Kier alpha value is -1.70. The molecule has 4 fully saturated rings. The van der Waals surface area contributed by atoms with Crippen molar-refractivity contribution in [3.05, 3.63) is 23.8 Å². The molecule has 67 heavy (non-hydrogen) atoms. The number of likely N-dealkylation sites (tertiary alicyclic amines) is 1. The fraction of sp³-hybridized carbons (Fsp3) is 0.900. The Morgan fingerprint density at radius 1 is 0.731 bits per heavy atom. The summed E-state index contributed by atoms with van der Waals surface area (Å²) in [6.07, 6.45) is 44.1. The molecule has 1 saturated heterocycles. The van der Waals surface area contributed by atoms with Gasteiger partial charge in [0.05, 0.1) is 38.8 Å². The van der Waals surface area contributed by atoms with Gasteiger partial charge in [-0.3, -0.25) is 9.59 Å². The van der Waals surface area contributed by atoms with Gasteiger partial charge in [0.25, 0.3) is 0 Å². The first-order chi connectivity index (χ1) is 32.5. The van der Waals surface area contributed by atoms with E-state index in [1.165, 1.54) is 160 Å². The first-order valence-electron chi connectivity index (χ1n) is 29.1. The minimum Gasteiger partial charge on any atom is -0.466 e. The van der Waals surface area contributed by atoms with Crippen molar-refractivity contribution in [2.24, 2.45) is 46.3 Å². The molecule has 4 aliphatic carbocycles. The summed E-state index contributed by atoms with van der Waals surface area (Å²) in [5, 5.41) is 0. The molecule has 0 bridgehead atoms. The van der Waals surface area contributed by atoms with Gasteiger partial charge in [0.15, 0.2) is 0 Å². The summed E-state index contributed by atoms with van der Waals surface area (Å²) in [6.45, 7) is 20.2. The molecule has 3 saturated carbocycles. The number of allylic oxidation sites excluding steroid dienone is 3. The molecule has 7 heteroatoms. The van der Waals surface area contributed by atoms with Gasteiger partial charge in [-0.1, -0.05) is 149 Å². The lowest BCUT2D eigenvalue weighted by atomic mass is 9.47. The van der Waals surface area contributed by atoms with Crippen molar-refractivity contribution in [1.82, 2.24) is 4.90 Å². The highest BCUT2D eigenvalue weighted by Gasteiger charge is 2.59. The molecule has 0 aromatic heterocycles. The Kier molecular flexibility index (Phi) is 25.9. The van der Waals surface area contributed by atoms with Gasteiger partial charge < -0.3 is 23.8 Å². The fourth-order valence-electron chi connectivity index (χ4n) is 14.0. The zero-order valence-corrected chi connectivity index (χ0v) is 44.6. The maximum absolute atomic E-state index is 13.0. The van der Waals surface area contributed by atoms with Gasteiger partial charge in [-0.15, -0.1) is 0 Å². The van der Waals surface area contributed by atoms with E-state index in [4.69, 9.17) is 18.9 Å². The number of esters is 2. The van der Waals surface area contributed by atoms with Gasteiger partial charge in [0.1, 0.15) is 6.10 Å². The average Bonchev–Trinajstić information content (AvgIpc) is 3.68. The molecule has 0 radical (unpaired) electrons. The van der Waals surface area contributed by atoms with Crippen LogP contribution in [-0.4, -0.2) is 75.1 Å². The number of nitrogens with zero attached hydrogens (tertiary/aromatic N) is 1. The summed E-state index contributed by atoms with van der Waals surface area (Å²) in [5.41, 5.74) is 2.26. The number of rotatable bonds is 34. The molecule has 9 atom stereocenters. The van der Waals surface area contributed by atoms with Crippen LogP contribution in [0.15, 0.2) is 23.8 Å². The minimum absolute atomic E-state index is 0.0257. The highest BCUT2D eigenvalue weighted by atomic mass is 16.6. The molecule has 7 nitrogen and oxygen atoms in total. The second kappa shape index (κ2) is 30.9. The number of unbranched alkanes of at least 4 members (excludes halogenated alkanes) is 12. The van der Waals surface area contributed by atoms with Crippen molar-refractivity contribution in [3.8, 4) is 0 Å². The lowest BCUT2D eigenvalue weighted by Crippen LogP contribution is -2.51. The van der Waals surface area contributed by atoms with E-state index in [1.807, 2.05) is 0 Å². The van der Waals surface area contributed by atoms with Crippen molar-refractivity contribution >= 4 is 11.9 Å². The summed E-state index contributed by atoms with van der Waals surface area (Å²) in [4.78, 5) is 28.2. The zero-order chi connectivity index (χ0) is 47.7. The molecule has 0 aromatic carbocycles. The van der Waals surface area contributed by atoms with Crippen LogP contribution in [0.2, 0.25) is 0 Å². The molecule has 1 aliphatic heterocycles. The first-order valence-corrected chi connectivity index (χ1v) is 29.1. The largest absolute Gasteiger partial charge is 0.466 e. The molecule has 0 amide bonds. The number of hydrogen-bond acceptors (Lipinski definition) is 7. The maximum Gasteiger partial charge on any atom is 0.306 e. The Morgan fingerprint density at radius 3 is 2.16 bits per heavy atom. The molecule has 5 rings (SSSR count). The number of ether oxygens (including phenoxy) is 4. The average molecular weight is 937 g/mol. The monoisotopic (exact) mass is 936 g/mol. The topological polar surface area (TPSA) is 74.3 Å². The summed E-state index contributed by atoms with van der Waals surface area (Å²) < 4.78 is 24.1. The molecule has 1 unspecified atom stereocenters. The van der Waals surface area contributed by atoms with Gasteiger partial charge in [0.2, 0.25) is 0 Å². The number of carbonyl (C=O) groups excluding carboxylic acids is 2. The number of piperidine rings is 1. The van der Waals surface area contributed by atoms with E-state index in [9.17, 15) is 9.59 Å². The van der Waals surface area contributed by atoms with Gasteiger partial charge in [-0.2, -0.15) is 0 Å². The third-order valence-electron chi connectivity index (χ3n) is 18.0. The molecular weight excluding hydrogens is 831 g/mol. The SMILES string of the molecule is CCCCCCCCC=CCCCCCCCCOCC(CN1CCCCC1)OCCCOC(=O)CCC(=O)O[C@H]1CC[C@@]2(C)C(=CC[C@H]3[C@@H]4CC[C@H]([C@H](C)CCCC(C)C)[C@@]4(C)CC[C@@H]32)C1. The Balaban J connectivity index is 0.905. The Morgan fingerprint density at radius 2 is 1.43 bits per heavy atom. The zero-order valence-electron chi connectivity index (χ0n) is 44.6. The van der Waals surface area contributed by atoms with Crippen LogP contribution in [0.5, 0.6) is 0 Å². The van der Waals surface area contributed by atoms with Crippen LogP contribution in [0.1, 0.15) is 241 Å². The molecule has 0 spiro atoms. The second-order valence-electron chi connectivity index (χ2n) is 23.6. The molecule has 0 aromatic rings. The van der Waals surface area contributed by atoms with Crippen LogP contribution < -0.4 is 0 Å². The number of fused-ring (bicyclic) bond motifs is 5. The third kappa shape index (κ3) is 18.8. The van der Waals surface area contributed by atoms with Gasteiger partial charge >= 0.3 is 11.9 Å². The van der Waals surface area contributed by atoms with E-state index in [-0.39, 0.29) is 42.4 Å². The highest BCUT2D eigenvalue weighted by Crippen LogP contribution is 2.67. The van der Waals surface area contributed by atoms with Crippen molar-refractivity contribution in [1.29, 1.82) is 0 Å².